The summed E-state index contributed by atoms with van der Waals surface area (Å²) >= 11 is 0. The van der Waals surface area contributed by atoms with Crippen LogP contribution in [0.3, 0.4) is 0 Å². The van der Waals surface area contributed by atoms with Crippen LogP contribution in [0.4, 0.5) is 0 Å². The molecule has 0 N–H and O–H groups in total. The van der Waals surface area contributed by atoms with Gasteiger partial charge in [-0.05, 0) is 44.2 Å². The van der Waals surface area contributed by atoms with Crippen molar-refractivity contribution < 1.29 is 0 Å². The Bertz CT molecular complexity index is 562. The van der Waals surface area contributed by atoms with Gasteiger partial charge in [-0.25, -0.2) is 0 Å². The summed E-state index contributed by atoms with van der Waals surface area (Å²) in [6.07, 6.45) is 7.16. The third-order valence-corrected chi connectivity index (χ3v) is 5.24. The summed E-state index contributed by atoms with van der Waals surface area (Å²) in [5.41, 5.74) is 1.35. The fourth-order valence-electron chi connectivity index (χ4n) is 4.08. The molecule has 0 amide bonds. The van der Waals surface area contributed by atoms with Crippen LogP contribution in [-0.2, 0) is 7.05 Å². The lowest BCUT2D eigenvalue weighted by Crippen LogP contribution is -2.43. The van der Waals surface area contributed by atoms with E-state index in [9.17, 15) is 0 Å². The molecule has 6 nitrogen and oxygen atoms in total. The molecule has 1 aliphatic carbocycles. The van der Waals surface area contributed by atoms with Gasteiger partial charge in [0.15, 0.2) is 5.96 Å². The van der Waals surface area contributed by atoms with Gasteiger partial charge >= 0.3 is 0 Å². The van der Waals surface area contributed by atoms with Crippen LogP contribution in [0.1, 0.15) is 37.4 Å². The van der Waals surface area contributed by atoms with E-state index in [1.807, 2.05) is 6.20 Å². The van der Waals surface area contributed by atoms with Crippen LogP contribution in [0.2, 0.25) is 0 Å². The minimum Gasteiger partial charge on any atom is -0.349 e. The van der Waals surface area contributed by atoms with Crippen molar-refractivity contribution in [1.82, 2.24) is 24.5 Å². The molecule has 0 bridgehead atoms. The summed E-state index contributed by atoms with van der Waals surface area (Å²) in [7, 11) is 10.3. The third-order valence-electron chi connectivity index (χ3n) is 5.24. The molecule has 0 spiro atoms. The summed E-state index contributed by atoms with van der Waals surface area (Å²) in [4.78, 5) is 11.9. The van der Waals surface area contributed by atoms with Crippen LogP contribution in [0.15, 0.2) is 17.3 Å². The average Bonchev–Trinajstić information content (AvgIpc) is 3.29. The maximum Gasteiger partial charge on any atom is 0.195 e. The molecule has 3 rings (SSSR count). The highest BCUT2D eigenvalue weighted by Gasteiger charge is 2.41. The van der Waals surface area contributed by atoms with Crippen molar-refractivity contribution in [3.63, 3.8) is 0 Å². The Morgan fingerprint density at radius 2 is 1.92 bits per heavy atom. The van der Waals surface area contributed by atoms with Crippen LogP contribution in [0.5, 0.6) is 0 Å². The molecular weight excluding hydrogens is 300 g/mol. The molecular formula is C18H32N6. The van der Waals surface area contributed by atoms with Crippen molar-refractivity contribution in [2.24, 2.45) is 18.0 Å². The maximum absolute atomic E-state index is 4.96. The highest BCUT2D eigenvalue weighted by molar-refractivity contribution is 5.79. The molecule has 1 aromatic heterocycles. The van der Waals surface area contributed by atoms with E-state index in [0.29, 0.717) is 12.0 Å². The van der Waals surface area contributed by atoms with Gasteiger partial charge in [0.05, 0.1) is 11.7 Å². The SMILES string of the molecule is CN(C)C(=NC[C@@H]1CCCN(C2CC2)[C@H]1c1ccnn1C)N(C)C. The summed E-state index contributed by atoms with van der Waals surface area (Å²) in [5, 5.41) is 4.43. The van der Waals surface area contributed by atoms with E-state index in [1.54, 1.807) is 0 Å². The highest BCUT2D eigenvalue weighted by Crippen LogP contribution is 2.42. The number of hydrogen-bond donors (Lipinski definition) is 0. The summed E-state index contributed by atoms with van der Waals surface area (Å²) in [5.74, 6) is 1.60. The largest absolute Gasteiger partial charge is 0.349 e. The van der Waals surface area contributed by atoms with Gasteiger partial charge in [-0.15, -0.1) is 0 Å². The Labute approximate surface area is 146 Å². The molecule has 2 atom stereocenters. The van der Waals surface area contributed by atoms with E-state index in [1.165, 1.54) is 37.9 Å². The summed E-state index contributed by atoms with van der Waals surface area (Å²) in [6, 6.07) is 3.42. The first kappa shape index (κ1) is 17.3. The normalized spacial score (nSPS) is 24.7. The molecule has 0 aromatic carbocycles. The fourth-order valence-corrected chi connectivity index (χ4v) is 4.08. The van der Waals surface area contributed by atoms with Gasteiger partial charge in [-0.1, -0.05) is 0 Å². The lowest BCUT2D eigenvalue weighted by atomic mass is 9.86. The zero-order valence-corrected chi connectivity index (χ0v) is 15.8. The molecule has 1 aliphatic heterocycles. The topological polar surface area (TPSA) is 39.9 Å². The van der Waals surface area contributed by atoms with Gasteiger partial charge in [0, 0.05) is 54.0 Å². The van der Waals surface area contributed by atoms with Crippen LogP contribution in [-0.4, -0.2) is 77.8 Å². The first-order chi connectivity index (χ1) is 11.5. The second-order valence-electron chi connectivity index (χ2n) is 7.63. The van der Waals surface area contributed by atoms with E-state index in [2.05, 4.69) is 65.8 Å². The Hall–Kier alpha value is -1.56. The Kier molecular flexibility index (Phi) is 5.13. The minimum absolute atomic E-state index is 0.452. The number of piperidine rings is 1. The van der Waals surface area contributed by atoms with Crippen molar-refractivity contribution >= 4 is 5.96 Å². The number of hydrogen-bond acceptors (Lipinski definition) is 3. The molecule has 0 radical (unpaired) electrons. The highest BCUT2D eigenvalue weighted by atomic mass is 15.3. The van der Waals surface area contributed by atoms with Gasteiger partial charge in [0.2, 0.25) is 0 Å². The maximum atomic E-state index is 4.96. The van der Waals surface area contributed by atoms with Crippen LogP contribution in [0.25, 0.3) is 0 Å². The number of aliphatic imine (C=N–C) groups is 1. The van der Waals surface area contributed by atoms with Gasteiger partial charge in [0.1, 0.15) is 0 Å². The Morgan fingerprint density at radius 1 is 1.21 bits per heavy atom. The lowest BCUT2D eigenvalue weighted by Gasteiger charge is -2.41. The molecule has 1 aromatic rings. The van der Waals surface area contributed by atoms with Crippen molar-refractivity contribution in [2.45, 2.75) is 37.8 Å². The van der Waals surface area contributed by atoms with E-state index in [-0.39, 0.29) is 0 Å². The number of guanidine groups is 1. The first-order valence-corrected chi connectivity index (χ1v) is 9.11. The van der Waals surface area contributed by atoms with Crippen molar-refractivity contribution in [3.05, 3.63) is 18.0 Å². The molecule has 2 aliphatic rings. The smallest absolute Gasteiger partial charge is 0.195 e. The first-order valence-electron chi connectivity index (χ1n) is 9.11. The number of nitrogens with zero attached hydrogens (tertiary/aromatic N) is 6. The van der Waals surface area contributed by atoms with E-state index >= 15 is 0 Å². The van der Waals surface area contributed by atoms with Gasteiger partial charge in [-0.3, -0.25) is 14.6 Å². The minimum atomic E-state index is 0.452. The number of likely N-dealkylation sites (tertiary alicyclic amines) is 1. The predicted octanol–water partition coefficient (Wildman–Crippen LogP) is 1.81. The number of aromatic nitrogens is 2. The molecule has 1 saturated carbocycles. The van der Waals surface area contributed by atoms with Gasteiger partial charge in [0.25, 0.3) is 0 Å². The van der Waals surface area contributed by atoms with E-state index < -0.39 is 0 Å². The monoisotopic (exact) mass is 332 g/mol. The molecule has 6 heteroatoms. The lowest BCUT2D eigenvalue weighted by molar-refractivity contribution is 0.0822. The molecule has 2 heterocycles. The molecule has 134 valence electrons. The van der Waals surface area contributed by atoms with Crippen LogP contribution < -0.4 is 0 Å². The van der Waals surface area contributed by atoms with Gasteiger partial charge < -0.3 is 9.80 Å². The van der Waals surface area contributed by atoms with Crippen molar-refractivity contribution in [1.29, 1.82) is 0 Å². The van der Waals surface area contributed by atoms with Crippen molar-refractivity contribution in [2.75, 3.05) is 41.3 Å². The fraction of sp³-hybridized carbons (Fsp3) is 0.778. The Balaban J connectivity index is 1.84. The summed E-state index contributed by atoms with van der Waals surface area (Å²) < 4.78 is 2.06. The van der Waals surface area contributed by atoms with Crippen LogP contribution >= 0.6 is 0 Å². The molecule has 2 fully saturated rings. The van der Waals surface area contributed by atoms with Crippen molar-refractivity contribution in [3.8, 4) is 0 Å². The standard InChI is InChI=1S/C18H32N6/c1-21(2)18(22(3)4)19-13-14-7-6-12-24(15-8-9-15)17(14)16-10-11-20-23(16)5/h10-11,14-15,17H,6-9,12-13H2,1-5H3/t14-,17+/m0/s1. The van der Waals surface area contributed by atoms with E-state index in [4.69, 9.17) is 4.99 Å². The summed E-state index contributed by atoms with van der Waals surface area (Å²) in [6.45, 7) is 2.10. The zero-order chi connectivity index (χ0) is 17.3. The quantitative estimate of drug-likeness (QED) is 0.623. The molecule has 0 unspecified atom stereocenters. The Morgan fingerprint density at radius 3 is 2.46 bits per heavy atom. The average molecular weight is 332 g/mol. The number of rotatable bonds is 4. The van der Waals surface area contributed by atoms with Crippen LogP contribution in [0, 0.1) is 5.92 Å². The molecule has 1 saturated heterocycles. The predicted molar refractivity (Wildman–Crippen MR) is 98.1 cm³/mol. The second-order valence-corrected chi connectivity index (χ2v) is 7.63. The van der Waals surface area contributed by atoms with E-state index in [0.717, 1.165) is 18.5 Å². The van der Waals surface area contributed by atoms with Gasteiger partial charge in [-0.2, -0.15) is 5.10 Å². The number of aryl methyl sites for hydroxylation is 1. The third kappa shape index (κ3) is 3.58. The zero-order valence-electron chi connectivity index (χ0n) is 15.8. The second kappa shape index (κ2) is 7.13. The molecule has 24 heavy (non-hydrogen) atoms.